The highest BCUT2D eigenvalue weighted by molar-refractivity contribution is 7.47. The highest BCUT2D eigenvalue weighted by Crippen LogP contribution is 2.45. The van der Waals surface area contributed by atoms with E-state index < -0.39 is 97.5 Å². The van der Waals surface area contributed by atoms with E-state index >= 15 is 0 Å². The highest BCUT2D eigenvalue weighted by Gasteiger charge is 2.30. The summed E-state index contributed by atoms with van der Waals surface area (Å²) in [5.74, 6) is 0.194. The van der Waals surface area contributed by atoms with Crippen molar-refractivity contribution in [1.82, 2.24) is 0 Å². The molecule has 0 aliphatic rings. The van der Waals surface area contributed by atoms with Crippen molar-refractivity contribution in [3.05, 3.63) is 24.3 Å². The van der Waals surface area contributed by atoms with Gasteiger partial charge in [-0.2, -0.15) is 0 Å². The predicted molar refractivity (Wildman–Crippen MR) is 386 cm³/mol. The van der Waals surface area contributed by atoms with Crippen LogP contribution in [0.15, 0.2) is 24.3 Å². The topological polar surface area (TPSA) is 237 Å². The molecule has 0 saturated heterocycles. The summed E-state index contributed by atoms with van der Waals surface area (Å²) in [7, 11) is -9.93. The first-order valence-electron chi connectivity index (χ1n) is 38.8. The Morgan fingerprint density at radius 3 is 0.884 bits per heavy atom. The summed E-state index contributed by atoms with van der Waals surface area (Å²) < 4.78 is 68.5. The molecular formula is C76H144O17P2. The minimum absolute atomic E-state index is 0.0848. The van der Waals surface area contributed by atoms with Crippen LogP contribution >= 0.6 is 15.6 Å². The Balaban J connectivity index is 5.28. The van der Waals surface area contributed by atoms with Gasteiger partial charge in [-0.3, -0.25) is 37.3 Å². The maximum atomic E-state index is 13.1. The van der Waals surface area contributed by atoms with Crippen molar-refractivity contribution in [3.63, 3.8) is 0 Å². The van der Waals surface area contributed by atoms with Crippen LogP contribution in [0.5, 0.6) is 0 Å². The molecule has 0 bridgehead atoms. The first-order chi connectivity index (χ1) is 45.8. The van der Waals surface area contributed by atoms with Gasteiger partial charge in [0.1, 0.15) is 19.3 Å². The summed E-state index contributed by atoms with van der Waals surface area (Å²) in [5, 5.41) is 10.6. The molecule has 3 N–H and O–H groups in total. The van der Waals surface area contributed by atoms with E-state index in [1.54, 1.807) is 0 Å². The van der Waals surface area contributed by atoms with Gasteiger partial charge in [-0.1, -0.05) is 310 Å². The van der Waals surface area contributed by atoms with Crippen LogP contribution in [0, 0.1) is 17.8 Å². The molecule has 0 aromatic rings. The van der Waals surface area contributed by atoms with Crippen molar-refractivity contribution in [2.45, 2.75) is 381 Å². The lowest BCUT2D eigenvalue weighted by Gasteiger charge is -2.21. The molecule has 0 aromatic heterocycles. The minimum atomic E-state index is -4.97. The average Bonchev–Trinajstić information content (AvgIpc) is 1.30. The summed E-state index contributed by atoms with van der Waals surface area (Å²) in [6, 6.07) is 0. The molecule has 17 nitrogen and oxygen atoms in total. The number of unbranched alkanes of at least 4 members (excludes halogenated alkanes) is 34. The molecular weight excluding hydrogens is 1250 g/mol. The fraction of sp³-hybridized carbons (Fsp3) is 0.895. The van der Waals surface area contributed by atoms with Gasteiger partial charge in [-0.05, 0) is 69.1 Å². The predicted octanol–water partition coefficient (Wildman–Crippen LogP) is 21.7. The van der Waals surface area contributed by atoms with Crippen LogP contribution in [0.2, 0.25) is 0 Å². The molecule has 0 aliphatic carbocycles. The van der Waals surface area contributed by atoms with Crippen LogP contribution in [0.25, 0.3) is 0 Å². The van der Waals surface area contributed by atoms with Crippen LogP contribution in [0.1, 0.15) is 363 Å². The molecule has 19 heteroatoms. The summed E-state index contributed by atoms with van der Waals surface area (Å²) in [6.45, 7) is 11.8. The van der Waals surface area contributed by atoms with Gasteiger partial charge in [0.2, 0.25) is 0 Å². The number of ether oxygens (including phenoxy) is 4. The van der Waals surface area contributed by atoms with Gasteiger partial charge in [-0.15, -0.1) is 0 Å². The number of allylic oxidation sites excluding steroid dienone is 4. The van der Waals surface area contributed by atoms with E-state index in [0.29, 0.717) is 25.7 Å². The fourth-order valence-corrected chi connectivity index (χ4v) is 12.5. The second kappa shape index (κ2) is 66.1. The van der Waals surface area contributed by atoms with E-state index in [2.05, 4.69) is 72.8 Å². The molecule has 0 spiro atoms. The third-order valence-corrected chi connectivity index (χ3v) is 20.0. The first-order valence-corrected chi connectivity index (χ1v) is 41.8. The second-order valence-electron chi connectivity index (χ2n) is 27.4. The van der Waals surface area contributed by atoms with Gasteiger partial charge in [0.25, 0.3) is 0 Å². The maximum Gasteiger partial charge on any atom is 0.472 e. The van der Waals surface area contributed by atoms with Crippen molar-refractivity contribution in [2.24, 2.45) is 17.8 Å². The zero-order valence-corrected chi connectivity index (χ0v) is 63.4. The quantitative estimate of drug-likeness (QED) is 0.0169. The molecule has 95 heavy (non-hydrogen) atoms. The van der Waals surface area contributed by atoms with Gasteiger partial charge < -0.3 is 33.8 Å². The minimum Gasteiger partial charge on any atom is -0.462 e. The lowest BCUT2D eigenvalue weighted by molar-refractivity contribution is -0.161. The number of phosphoric acid groups is 2. The molecule has 0 amide bonds. The van der Waals surface area contributed by atoms with E-state index in [-0.39, 0.29) is 25.7 Å². The highest BCUT2D eigenvalue weighted by atomic mass is 31.2. The molecule has 0 radical (unpaired) electrons. The molecule has 0 aromatic carbocycles. The van der Waals surface area contributed by atoms with Gasteiger partial charge in [0.15, 0.2) is 12.2 Å². The Labute approximate surface area is 580 Å². The standard InChI is InChI=1S/C76H144O17P2/c1-8-12-13-14-15-16-17-18-19-24-27-30-36-45-52-59-75(80)92-71(63-86-73(78)57-50-43-35-29-26-23-21-20-22-25-28-33-40-47-54-67(5)9-2)65-90-94(82,83)88-61-70(77)62-89-95(84,85)91-66-72(64-87-74(79)58-51-44-39-38-42-49-56-69(7)11-4)93-76(81)60-53-46-37-32-31-34-41-48-55-68(6)10-3/h16-19,67-72,77H,8-15,20-66H2,1-7H3,(H,82,83)(H,84,85)/b17-16-,19-18-/t67?,68?,69?,70-,71-,72-/m1/s1. The van der Waals surface area contributed by atoms with Crippen molar-refractivity contribution in [1.29, 1.82) is 0 Å². The second-order valence-corrected chi connectivity index (χ2v) is 30.3. The normalized spacial score (nSPS) is 15.1. The van der Waals surface area contributed by atoms with Crippen LogP contribution in [-0.4, -0.2) is 96.7 Å². The smallest absolute Gasteiger partial charge is 0.462 e. The third kappa shape index (κ3) is 65.9. The van der Waals surface area contributed by atoms with Crippen molar-refractivity contribution >= 4 is 39.5 Å². The Kier molecular flexibility index (Phi) is 64.4. The summed E-state index contributed by atoms with van der Waals surface area (Å²) in [4.78, 5) is 72.8. The van der Waals surface area contributed by atoms with Crippen LogP contribution in [0.3, 0.4) is 0 Å². The number of hydrogen-bond donors (Lipinski definition) is 3. The van der Waals surface area contributed by atoms with Crippen molar-refractivity contribution < 1.29 is 80.2 Å². The number of carbonyl (C=O) groups is 4. The van der Waals surface area contributed by atoms with Crippen LogP contribution < -0.4 is 0 Å². The van der Waals surface area contributed by atoms with Crippen molar-refractivity contribution in [2.75, 3.05) is 39.6 Å². The molecule has 5 unspecified atom stereocenters. The van der Waals surface area contributed by atoms with Crippen molar-refractivity contribution in [3.8, 4) is 0 Å². The van der Waals surface area contributed by atoms with E-state index in [0.717, 1.165) is 127 Å². The number of aliphatic hydroxyl groups excluding tert-OH is 1. The molecule has 8 atom stereocenters. The van der Waals surface area contributed by atoms with E-state index in [1.165, 1.54) is 154 Å². The molecule has 0 aliphatic heterocycles. The number of rotatable bonds is 72. The van der Waals surface area contributed by atoms with Gasteiger partial charge in [-0.25, -0.2) is 9.13 Å². The lowest BCUT2D eigenvalue weighted by atomic mass is 9.99. The molecule has 560 valence electrons. The number of hydrogen-bond acceptors (Lipinski definition) is 15. The number of esters is 4. The Hall–Kier alpha value is -2.46. The summed E-state index contributed by atoms with van der Waals surface area (Å²) >= 11 is 0. The zero-order valence-electron chi connectivity index (χ0n) is 61.6. The fourth-order valence-electron chi connectivity index (χ4n) is 11.0. The number of carbonyl (C=O) groups excluding carboxylic acids is 4. The van der Waals surface area contributed by atoms with Gasteiger partial charge >= 0.3 is 39.5 Å². The Bertz CT molecular complexity index is 1950. The molecule has 0 fully saturated rings. The number of phosphoric ester groups is 2. The van der Waals surface area contributed by atoms with Gasteiger partial charge in [0, 0.05) is 25.7 Å². The van der Waals surface area contributed by atoms with E-state index in [4.69, 9.17) is 37.0 Å². The molecule has 0 saturated carbocycles. The lowest BCUT2D eigenvalue weighted by Crippen LogP contribution is -2.30. The average molecular weight is 1390 g/mol. The van der Waals surface area contributed by atoms with E-state index in [9.17, 15) is 43.2 Å². The molecule has 0 heterocycles. The molecule has 0 rings (SSSR count). The maximum absolute atomic E-state index is 13.1. The van der Waals surface area contributed by atoms with Crippen LogP contribution in [0.4, 0.5) is 0 Å². The SMILES string of the molecule is CCCCCC/C=C\C=C/CCCCCCCC(=O)O[C@H](COC(=O)CCCCCCCCCCCCCCCCC(C)CC)COP(=O)(O)OC[C@@H](O)COP(=O)(O)OC[C@@H](COC(=O)CCCCCCCCC(C)CC)OC(=O)CCCCCCCCCCC(C)CC. The van der Waals surface area contributed by atoms with Crippen LogP contribution in [-0.2, 0) is 65.4 Å². The third-order valence-electron chi connectivity index (χ3n) is 18.1. The summed E-state index contributed by atoms with van der Waals surface area (Å²) in [6.07, 6.45) is 54.8. The Morgan fingerprint density at radius 1 is 0.337 bits per heavy atom. The largest absolute Gasteiger partial charge is 0.472 e. The zero-order chi connectivity index (χ0) is 70.1. The monoisotopic (exact) mass is 1390 g/mol. The first kappa shape index (κ1) is 92.5. The summed E-state index contributed by atoms with van der Waals surface area (Å²) in [5.41, 5.74) is 0. The van der Waals surface area contributed by atoms with E-state index in [1.807, 2.05) is 0 Å². The van der Waals surface area contributed by atoms with Gasteiger partial charge in [0.05, 0.1) is 26.4 Å². The Morgan fingerprint density at radius 2 is 0.589 bits per heavy atom. The number of aliphatic hydroxyl groups is 1.